The van der Waals surface area contributed by atoms with E-state index in [1.165, 1.54) is 11.3 Å². The van der Waals surface area contributed by atoms with Crippen LogP contribution in [0.25, 0.3) is 0 Å². The summed E-state index contributed by atoms with van der Waals surface area (Å²) in [6.45, 7) is 12.2. The van der Waals surface area contributed by atoms with Crippen molar-refractivity contribution in [3.8, 4) is 0 Å². The summed E-state index contributed by atoms with van der Waals surface area (Å²) >= 11 is 0. The Morgan fingerprint density at radius 3 is 2.57 bits per heavy atom. The molecule has 0 saturated heterocycles. The van der Waals surface area contributed by atoms with E-state index in [0.717, 1.165) is 38.4 Å². The van der Waals surface area contributed by atoms with E-state index in [0.29, 0.717) is 12.1 Å². The highest BCUT2D eigenvalue weighted by atomic mass is 15.3. The fraction of sp³-hybridized carbons (Fsp3) is 0.632. The predicted molar refractivity (Wildman–Crippen MR) is 100 cm³/mol. The van der Waals surface area contributed by atoms with E-state index in [1.54, 1.807) is 0 Å². The van der Waals surface area contributed by atoms with Gasteiger partial charge in [-0.2, -0.15) is 0 Å². The number of para-hydroxylation sites is 1. The van der Waals surface area contributed by atoms with Gasteiger partial charge in [-0.3, -0.25) is 9.89 Å². The minimum absolute atomic E-state index is 0.597. The topological polar surface area (TPSA) is 30.9 Å². The monoisotopic (exact) mass is 316 g/mol. The molecule has 23 heavy (non-hydrogen) atoms. The van der Waals surface area contributed by atoms with Gasteiger partial charge in [0.15, 0.2) is 5.96 Å². The Morgan fingerprint density at radius 1 is 1.22 bits per heavy atom. The third-order valence-corrected chi connectivity index (χ3v) is 4.56. The fourth-order valence-electron chi connectivity index (χ4n) is 3.43. The molecule has 2 rings (SSSR count). The Morgan fingerprint density at radius 2 is 1.91 bits per heavy atom. The molecule has 1 aliphatic heterocycles. The Hall–Kier alpha value is -1.55. The molecule has 0 fully saturated rings. The lowest BCUT2D eigenvalue weighted by molar-refractivity contribution is 0.173. The van der Waals surface area contributed by atoms with Gasteiger partial charge >= 0.3 is 0 Å². The van der Waals surface area contributed by atoms with Crippen molar-refractivity contribution in [2.24, 2.45) is 4.99 Å². The summed E-state index contributed by atoms with van der Waals surface area (Å²) in [6, 6.07) is 9.82. The number of guanidine groups is 1. The number of nitrogens with one attached hydrogen (secondary N) is 1. The van der Waals surface area contributed by atoms with Crippen molar-refractivity contribution in [3.05, 3.63) is 29.8 Å². The van der Waals surface area contributed by atoms with E-state index in [1.807, 2.05) is 7.05 Å². The van der Waals surface area contributed by atoms with Crippen LogP contribution in [0.2, 0.25) is 0 Å². The van der Waals surface area contributed by atoms with Gasteiger partial charge in [0.2, 0.25) is 0 Å². The zero-order valence-corrected chi connectivity index (χ0v) is 15.3. The summed E-state index contributed by atoms with van der Waals surface area (Å²) in [4.78, 5) is 9.31. The predicted octanol–water partition coefficient (Wildman–Crippen LogP) is 3.13. The molecule has 1 N–H and O–H groups in total. The van der Waals surface area contributed by atoms with Gasteiger partial charge < -0.3 is 10.2 Å². The van der Waals surface area contributed by atoms with Crippen molar-refractivity contribution in [2.45, 2.75) is 52.6 Å². The van der Waals surface area contributed by atoms with Crippen molar-refractivity contribution in [2.75, 3.05) is 31.6 Å². The Balaban J connectivity index is 1.85. The number of anilines is 1. The molecule has 0 bridgehead atoms. The zero-order valence-electron chi connectivity index (χ0n) is 15.3. The second-order valence-corrected chi connectivity index (χ2v) is 6.78. The van der Waals surface area contributed by atoms with Crippen LogP contribution < -0.4 is 10.2 Å². The average molecular weight is 316 g/mol. The van der Waals surface area contributed by atoms with Crippen LogP contribution in [0.4, 0.5) is 5.69 Å². The normalized spacial score (nSPS) is 15.0. The van der Waals surface area contributed by atoms with Crippen LogP contribution in [0.5, 0.6) is 0 Å². The first-order valence-electron chi connectivity index (χ1n) is 8.86. The number of rotatable bonds is 6. The highest BCUT2D eigenvalue weighted by Crippen LogP contribution is 2.27. The van der Waals surface area contributed by atoms with Gasteiger partial charge in [-0.25, -0.2) is 0 Å². The van der Waals surface area contributed by atoms with Crippen LogP contribution in [0.1, 0.15) is 39.7 Å². The smallest absolute Gasteiger partial charge is 0.198 e. The van der Waals surface area contributed by atoms with E-state index >= 15 is 0 Å². The molecule has 0 amide bonds. The number of fused-ring (bicyclic) bond motifs is 1. The molecule has 1 aromatic carbocycles. The average Bonchev–Trinajstić information content (AvgIpc) is 2.94. The van der Waals surface area contributed by atoms with Crippen LogP contribution >= 0.6 is 0 Å². The number of hydrogen-bond acceptors (Lipinski definition) is 2. The van der Waals surface area contributed by atoms with Crippen molar-refractivity contribution in [1.29, 1.82) is 0 Å². The maximum absolute atomic E-state index is 4.47. The van der Waals surface area contributed by atoms with Gasteiger partial charge in [0.25, 0.3) is 0 Å². The molecule has 0 unspecified atom stereocenters. The largest absolute Gasteiger partial charge is 0.356 e. The third-order valence-electron chi connectivity index (χ3n) is 4.56. The lowest BCUT2D eigenvalue weighted by atomic mass is 10.2. The molecule has 4 heteroatoms. The van der Waals surface area contributed by atoms with E-state index in [2.05, 4.69) is 72.1 Å². The van der Waals surface area contributed by atoms with Gasteiger partial charge in [-0.15, -0.1) is 0 Å². The van der Waals surface area contributed by atoms with Gasteiger partial charge in [0, 0.05) is 44.5 Å². The molecule has 0 spiro atoms. The minimum atomic E-state index is 0.597. The van der Waals surface area contributed by atoms with Crippen molar-refractivity contribution in [1.82, 2.24) is 10.2 Å². The first-order chi connectivity index (χ1) is 11.0. The van der Waals surface area contributed by atoms with E-state index in [-0.39, 0.29) is 0 Å². The number of benzene rings is 1. The fourth-order valence-corrected chi connectivity index (χ4v) is 3.43. The number of aliphatic imine (C=N–C) groups is 1. The molecule has 128 valence electrons. The lowest BCUT2D eigenvalue weighted by Crippen LogP contribution is -2.43. The Labute approximate surface area is 141 Å². The molecule has 0 radical (unpaired) electrons. The number of hydrogen-bond donors (Lipinski definition) is 1. The summed E-state index contributed by atoms with van der Waals surface area (Å²) < 4.78 is 0. The van der Waals surface area contributed by atoms with Crippen molar-refractivity contribution < 1.29 is 0 Å². The molecule has 4 nitrogen and oxygen atoms in total. The lowest BCUT2D eigenvalue weighted by Gasteiger charge is -2.30. The molecule has 1 aliphatic rings. The molecule has 0 atom stereocenters. The van der Waals surface area contributed by atoms with Crippen molar-refractivity contribution in [3.63, 3.8) is 0 Å². The van der Waals surface area contributed by atoms with Gasteiger partial charge in [-0.1, -0.05) is 18.2 Å². The van der Waals surface area contributed by atoms with Crippen molar-refractivity contribution >= 4 is 11.6 Å². The highest BCUT2D eigenvalue weighted by molar-refractivity contribution is 5.97. The second kappa shape index (κ2) is 8.34. The minimum Gasteiger partial charge on any atom is -0.356 e. The standard InChI is InChI=1S/C19H32N4/c1-15(2)22(16(3)4)13-8-12-21-19(20-5)23-14-11-17-9-6-7-10-18(17)23/h6-7,9-10,15-16H,8,11-14H2,1-5H3,(H,20,21). The van der Waals surface area contributed by atoms with Gasteiger partial charge in [-0.05, 0) is 52.2 Å². The summed E-state index contributed by atoms with van der Waals surface area (Å²) in [6.07, 6.45) is 2.23. The summed E-state index contributed by atoms with van der Waals surface area (Å²) in [7, 11) is 1.87. The summed E-state index contributed by atoms with van der Waals surface area (Å²) in [5.41, 5.74) is 2.72. The van der Waals surface area contributed by atoms with Gasteiger partial charge in [0.1, 0.15) is 0 Å². The Bertz CT molecular complexity index is 514. The van der Waals surface area contributed by atoms with Crippen LogP contribution in [-0.2, 0) is 6.42 Å². The van der Waals surface area contributed by atoms with Crippen LogP contribution in [0.15, 0.2) is 29.3 Å². The molecule has 0 aromatic heterocycles. The van der Waals surface area contributed by atoms with Crippen LogP contribution in [0.3, 0.4) is 0 Å². The second-order valence-electron chi connectivity index (χ2n) is 6.78. The first-order valence-corrected chi connectivity index (χ1v) is 8.86. The summed E-state index contributed by atoms with van der Waals surface area (Å²) in [5.74, 6) is 0.996. The quantitative estimate of drug-likeness (QED) is 0.497. The molecule has 1 heterocycles. The molecular weight excluding hydrogens is 284 g/mol. The van der Waals surface area contributed by atoms with E-state index in [4.69, 9.17) is 0 Å². The number of nitrogens with zero attached hydrogens (tertiary/aromatic N) is 3. The third kappa shape index (κ3) is 4.47. The van der Waals surface area contributed by atoms with Gasteiger partial charge in [0.05, 0.1) is 0 Å². The molecule has 1 aromatic rings. The highest BCUT2D eigenvalue weighted by Gasteiger charge is 2.22. The molecule has 0 saturated carbocycles. The van der Waals surface area contributed by atoms with E-state index in [9.17, 15) is 0 Å². The molecule has 0 aliphatic carbocycles. The van der Waals surface area contributed by atoms with Crippen LogP contribution in [0, 0.1) is 0 Å². The first kappa shape index (κ1) is 17.8. The van der Waals surface area contributed by atoms with Crippen LogP contribution in [-0.4, -0.2) is 49.6 Å². The maximum atomic E-state index is 4.47. The SMILES string of the molecule is CN=C(NCCCN(C(C)C)C(C)C)N1CCc2ccccc21. The summed E-state index contributed by atoms with van der Waals surface area (Å²) in [5, 5.41) is 3.53. The maximum Gasteiger partial charge on any atom is 0.198 e. The zero-order chi connectivity index (χ0) is 16.8. The molecular formula is C19H32N4. The van der Waals surface area contributed by atoms with E-state index < -0.39 is 0 Å². The Kier molecular flexibility index (Phi) is 6.46.